The maximum Gasteiger partial charge on any atom is 0.253 e. The second-order valence-corrected chi connectivity index (χ2v) is 10.7. The Morgan fingerprint density at radius 2 is 1.56 bits per heavy atom. The normalized spacial score (nSPS) is 17.7. The van der Waals surface area contributed by atoms with Crippen LogP contribution in [0.2, 0.25) is 0 Å². The van der Waals surface area contributed by atoms with Gasteiger partial charge >= 0.3 is 0 Å². The van der Waals surface area contributed by atoms with Crippen molar-refractivity contribution in [1.29, 1.82) is 0 Å². The largest absolute Gasteiger partial charge is 0.454 e. The van der Waals surface area contributed by atoms with Crippen molar-refractivity contribution in [3.8, 4) is 11.5 Å². The van der Waals surface area contributed by atoms with Gasteiger partial charge in [-0.15, -0.1) is 12.4 Å². The number of halogens is 1. The highest BCUT2D eigenvalue weighted by molar-refractivity contribution is 7.91. The molecular formula is C26H23ClN2O6S. The number of fused-ring (bicyclic) bond motifs is 3. The molecule has 8 nitrogen and oxygen atoms in total. The standard InChI is InChI=1S/C26H22N2O6S.ClH/c29-25-19-3-1-2-4-23(19)35(31,32)24-14-18(6-7-20(24)25)26(30)28-11-9-27(10-12-28)15-17-5-8-21-22(13-17)34-16-33-21;/h1-8,13-14H,9-12,15-16H2;1H. The first-order valence-electron chi connectivity index (χ1n) is 11.3. The predicted molar refractivity (Wildman–Crippen MR) is 133 cm³/mol. The lowest BCUT2D eigenvalue weighted by Crippen LogP contribution is -2.48. The number of carbonyl (C=O) groups excluding carboxylic acids is 2. The van der Waals surface area contributed by atoms with E-state index in [2.05, 4.69) is 4.90 Å². The van der Waals surface area contributed by atoms with E-state index in [1.54, 1.807) is 23.1 Å². The van der Waals surface area contributed by atoms with Gasteiger partial charge in [0.25, 0.3) is 5.91 Å². The highest BCUT2D eigenvalue weighted by Gasteiger charge is 2.35. The van der Waals surface area contributed by atoms with Crippen molar-refractivity contribution < 1.29 is 27.5 Å². The molecule has 1 amide bonds. The zero-order chi connectivity index (χ0) is 24.2. The summed E-state index contributed by atoms with van der Waals surface area (Å²) in [5, 5.41) is 0. The molecule has 3 aliphatic rings. The Labute approximate surface area is 214 Å². The van der Waals surface area contributed by atoms with Gasteiger partial charge < -0.3 is 14.4 Å². The summed E-state index contributed by atoms with van der Waals surface area (Å²) in [6.45, 7) is 3.40. The molecule has 0 unspecified atom stereocenters. The maximum atomic E-state index is 13.2. The smallest absolute Gasteiger partial charge is 0.253 e. The van der Waals surface area contributed by atoms with Crippen LogP contribution in [0, 0.1) is 0 Å². The third-order valence-electron chi connectivity index (χ3n) is 6.69. The summed E-state index contributed by atoms with van der Waals surface area (Å²) < 4.78 is 37.2. The van der Waals surface area contributed by atoms with E-state index in [0.29, 0.717) is 26.2 Å². The van der Waals surface area contributed by atoms with Crippen molar-refractivity contribution in [2.75, 3.05) is 33.0 Å². The molecule has 3 heterocycles. The lowest BCUT2D eigenvalue weighted by atomic mass is 10.0. The van der Waals surface area contributed by atoms with Crippen molar-refractivity contribution >= 4 is 33.9 Å². The predicted octanol–water partition coefficient (Wildman–Crippen LogP) is 3.17. The molecule has 0 bridgehead atoms. The molecular weight excluding hydrogens is 504 g/mol. The molecule has 186 valence electrons. The van der Waals surface area contributed by atoms with E-state index in [0.717, 1.165) is 23.6 Å². The maximum absolute atomic E-state index is 13.2. The Hall–Kier alpha value is -3.40. The SMILES string of the molecule is Cl.O=C1c2ccccc2S(=O)(=O)c2cc(C(=O)N3CCN(Cc4ccc5c(c4)OCO5)CC3)ccc21. The Balaban J connectivity index is 0.00000267. The Bertz CT molecular complexity index is 1480. The van der Waals surface area contributed by atoms with E-state index >= 15 is 0 Å². The first-order valence-corrected chi connectivity index (χ1v) is 12.8. The second-order valence-electron chi connectivity index (χ2n) is 8.80. The minimum Gasteiger partial charge on any atom is -0.454 e. The van der Waals surface area contributed by atoms with Gasteiger partial charge in [0.1, 0.15) is 0 Å². The summed E-state index contributed by atoms with van der Waals surface area (Å²) in [4.78, 5) is 29.9. The minimum absolute atomic E-state index is 0. The zero-order valence-electron chi connectivity index (χ0n) is 19.2. The van der Waals surface area contributed by atoms with Crippen LogP contribution in [-0.2, 0) is 16.4 Å². The molecule has 1 saturated heterocycles. The van der Waals surface area contributed by atoms with Crippen LogP contribution in [0.5, 0.6) is 11.5 Å². The van der Waals surface area contributed by atoms with E-state index in [1.165, 1.54) is 24.3 Å². The van der Waals surface area contributed by atoms with Gasteiger partial charge in [0.2, 0.25) is 16.6 Å². The summed E-state index contributed by atoms with van der Waals surface area (Å²) in [6, 6.07) is 16.4. The van der Waals surface area contributed by atoms with E-state index < -0.39 is 9.84 Å². The number of hydrogen-bond donors (Lipinski definition) is 0. The van der Waals surface area contributed by atoms with Gasteiger partial charge in [0.05, 0.1) is 9.79 Å². The third-order valence-corrected chi connectivity index (χ3v) is 8.54. The van der Waals surface area contributed by atoms with Gasteiger partial charge in [-0.3, -0.25) is 14.5 Å². The highest BCUT2D eigenvalue weighted by Crippen LogP contribution is 2.35. The Kier molecular flexibility index (Phi) is 6.23. The van der Waals surface area contributed by atoms with Crippen molar-refractivity contribution in [2.24, 2.45) is 0 Å². The summed E-state index contributed by atoms with van der Waals surface area (Å²) in [5.74, 6) is 0.916. The van der Waals surface area contributed by atoms with Crippen LogP contribution in [-0.4, -0.2) is 62.9 Å². The number of ether oxygens (including phenoxy) is 2. The van der Waals surface area contributed by atoms with Crippen LogP contribution in [0.1, 0.15) is 31.8 Å². The number of carbonyl (C=O) groups is 2. The van der Waals surface area contributed by atoms with Gasteiger partial charge in [-0.1, -0.05) is 18.2 Å². The molecule has 0 atom stereocenters. The summed E-state index contributed by atoms with van der Waals surface area (Å²) in [6.07, 6.45) is 0. The first-order chi connectivity index (χ1) is 16.9. The fourth-order valence-electron chi connectivity index (χ4n) is 4.81. The average molecular weight is 527 g/mol. The molecule has 0 aliphatic carbocycles. The minimum atomic E-state index is -3.89. The Morgan fingerprint density at radius 1 is 0.833 bits per heavy atom. The Morgan fingerprint density at radius 3 is 2.36 bits per heavy atom. The number of benzene rings is 3. The van der Waals surface area contributed by atoms with Crippen molar-refractivity contribution in [1.82, 2.24) is 9.80 Å². The number of hydrogen-bond acceptors (Lipinski definition) is 7. The second kappa shape index (κ2) is 9.24. The molecule has 0 saturated carbocycles. The molecule has 36 heavy (non-hydrogen) atoms. The van der Waals surface area contributed by atoms with Crippen molar-refractivity contribution in [2.45, 2.75) is 16.3 Å². The monoisotopic (exact) mass is 526 g/mol. The highest BCUT2D eigenvalue weighted by atomic mass is 35.5. The van der Waals surface area contributed by atoms with Crippen LogP contribution in [0.4, 0.5) is 0 Å². The molecule has 3 aliphatic heterocycles. The molecule has 3 aromatic rings. The van der Waals surface area contributed by atoms with E-state index in [1.807, 2.05) is 18.2 Å². The van der Waals surface area contributed by atoms with Gasteiger partial charge in [-0.25, -0.2) is 8.42 Å². The fourth-order valence-corrected chi connectivity index (χ4v) is 6.48. The van der Waals surface area contributed by atoms with Crippen LogP contribution in [0.3, 0.4) is 0 Å². The third kappa shape index (κ3) is 4.03. The van der Waals surface area contributed by atoms with Gasteiger partial charge in [0.15, 0.2) is 17.3 Å². The van der Waals surface area contributed by atoms with Crippen molar-refractivity contribution in [3.05, 3.63) is 82.9 Å². The molecule has 10 heteroatoms. The molecule has 6 rings (SSSR count). The summed E-state index contributed by atoms with van der Waals surface area (Å²) >= 11 is 0. The first kappa shape index (κ1) is 24.3. The van der Waals surface area contributed by atoms with E-state index in [4.69, 9.17) is 9.47 Å². The molecule has 1 fully saturated rings. The van der Waals surface area contributed by atoms with Gasteiger partial charge in [-0.05, 0) is 48.0 Å². The summed E-state index contributed by atoms with van der Waals surface area (Å²) in [5.41, 5.74) is 1.65. The quantitative estimate of drug-likeness (QED) is 0.405. The van der Waals surface area contributed by atoms with Gasteiger partial charge in [0, 0.05) is 49.4 Å². The van der Waals surface area contributed by atoms with E-state index in [9.17, 15) is 18.0 Å². The van der Waals surface area contributed by atoms with Crippen molar-refractivity contribution in [3.63, 3.8) is 0 Å². The number of nitrogens with zero attached hydrogens (tertiary/aromatic N) is 2. The number of piperazine rings is 1. The lowest BCUT2D eigenvalue weighted by Gasteiger charge is -2.35. The lowest BCUT2D eigenvalue weighted by molar-refractivity contribution is 0.0628. The van der Waals surface area contributed by atoms with Crippen LogP contribution in [0.25, 0.3) is 0 Å². The molecule has 0 spiro atoms. The molecule has 3 aromatic carbocycles. The van der Waals surface area contributed by atoms with Crippen LogP contribution < -0.4 is 9.47 Å². The van der Waals surface area contributed by atoms with E-state index in [-0.39, 0.29) is 57.4 Å². The van der Waals surface area contributed by atoms with Crippen LogP contribution in [0.15, 0.2) is 70.5 Å². The number of ketones is 1. The molecule has 0 N–H and O–H groups in total. The number of sulfone groups is 1. The van der Waals surface area contributed by atoms with Crippen LogP contribution >= 0.6 is 12.4 Å². The van der Waals surface area contributed by atoms with Gasteiger partial charge in [-0.2, -0.15) is 0 Å². The average Bonchev–Trinajstić information content (AvgIpc) is 3.35. The topological polar surface area (TPSA) is 93.2 Å². The fraction of sp³-hybridized carbons (Fsp3) is 0.231. The zero-order valence-corrected chi connectivity index (χ0v) is 20.8. The number of rotatable bonds is 3. The summed E-state index contributed by atoms with van der Waals surface area (Å²) in [7, 11) is -3.89. The molecule has 0 radical (unpaired) electrons. The molecule has 0 aromatic heterocycles. The number of amides is 1.